The zero-order chi connectivity index (χ0) is 21.1. The molecule has 0 aliphatic carbocycles. The lowest BCUT2D eigenvalue weighted by molar-refractivity contribution is -0.767. The lowest BCUT2D eigenvalue weighted by Crippen LogP contribution is -2.13. The molecule has 3 rings (SSSR count). The zero-order valence-corrected chi connectivity index (χ0v) is 17.2. The minimum atomic E-state index is -1.64. The Kier molecular flexibility index (Phi) is 5.97. The Morgan fingerprint density at radius 3 is 2.66 bits per heavy atom. The first-order chi connectivity index (χ1) is 13.8. The Bertz CT molecular complexity index is 1100. The highest BCUT2D eigenvalue weighted by molar-refractivity contribution is 7.84. The van der Waals surface area contributed by atoms with Gasteiger partial charge in [0.15, 0.2) is 6.73 Å². The Morgan fingerprint density at radius 2 is 2.00 bits per heavy atom. The van der Waals surface area contributed by atoms with Crippen molar-refractivity contribution in [1.29, 1.82) is 0 Å². The van der Waals surface area contributed by atoms with Crippen molar-refractivity contribution in [3.63, 3.8) is 0 Å². The van der Waals surface area contributed by atoms with Gasteiger partial charge in [-0.15, -0.1) is 10.1 Å². The van der Waals surface area contributed by atoms with Crippen molar-refractivity contribution in [3.05, 3.63) is 51.3 Å². The molecule has 0 bridgehead atoms. The molecule has 0 aliphatic rings. The van der Waals surface area contributed by atoms with Crippen LogP contribution in [0.2, 0.25) is 0 Å². The molecule has 154 valence electrons. The third-order valence-corrected chi connectivity index (χ3v) is 5.69. The molecule has 1 aromatic carbocycles. The minimum Gasteiger partial charge on any atom is -0.497 e. The molecule has 29 heavy (non-hydrogen) atoms. The molecule has 0 amide bonds. The van der Waals surface area contributed by atoms with Crippen LogP contribution in [0.1, 0.15) is 16.8 Å². The molecular weight excluding hydrogens is 400 g/mol. The van der Waals surface area contributed by atoms with E-state index in [2.05, 4.69) is 14.8 Å². The summed E-state index contributed by atoms with van der Waals surface area (Å²) >= 11 is 0. The predicted octanol–water partition coefficient (Wildman–Crippen LogP) is 2.54. The summed E-state index contributed by atoms with van der Waals surface area (Å²) in [5.74, 6) is 1.29. The van der Waals surface area contributed by atoms with Gasteiger partial charge in [0.2, 0.25) is 5.16 Å². The monoisotopic (exact) mass is 420 g/mol. The van der Waals surface area contributed by atoms with Crippen LogP contribution in [0.25, 0.3) is 11.0 Å². The Labute approximate surface area is 169 Å². The molecule has 2 heterocycles. The number of methoxy groups -OCH3 is 2. The first-order valence-corrected chi connectivity index (χ1v) is 9.86. The van der Waals surface area contributed by atoms with Crippen molar-refractivity contribution in [2.45, 2.75) is 31.5 Å². The van der Waals surface area contributed by atoms with E-state index in [1.54, 1.807) is 31.5 Å². The van der Waals surface area contributed by atoms with Crippen LogP contribution in [0.3, 0.4) is 0 Å². The largest absolute Gasteiger partial charge is 0.497 e. The number of nitrogens with zero attached hydrogens (tertiary/aromatic N) is 4. The fourth-order valence-corrected chi connectivity index (χ4v) is 4.28. The smallest absolute Gasteiger partial charge is 0.296 e. The average Bonchev–Trinajstić information content (AvgIpc) is 3.06. The maximum Gasteiger partial charge on any atom is 0.296 e. The second-order valence-corrected chi connectivity index (χ2v) is 7.54. The van der Waals surface area contributed by atoms with E-state index in [4.69, 9.17) is 9.47 Å². The van der Waals surface area contributed by atoms with Gasteiger partial charge in [0, 0.05) is 23.4 Å². The van der Waals surface area contributed by atoms with Crippen molar-refractivity contribution >= 4 is 21.8 Å². The number of fused-ring (bicyclic) bond motifs is 1. The number of aryl methyl sites for hydroxylation is 1. The van der Waals surface area contributed by atoms with Crippen molar-refractivity contribution in [2.75, 3.05) is 14.2 Å². The van der Waals surface area contributed by atoms with E-state index in [1.165, 1.54) is 11.7 Å². The van der Waals surface area contributed by atoms with Crippen LogP contribution in [0.4, 0.5) is 0 Å². The fraction of sp³-hybridized carbons (Fsp3) is 0.333. The summed E-state index contributed by atoms with van der Waals surface area (Å²) in [6, 6.07) is 5.05. The molecule has 2 aromatic heterocycles. The highest BCUT2D eigenvalue weighted by Gasteiger charge is 2.20. The molecule has 11 heteroatoms. The number of imidazole rings is 1. The second-order valence-electron chi connectivity index (χ2n) is 6.19. The highest BCUT2D eigenvalue weighted by atomic mass is 32.2. The van der Waals surface area contributed by atoms with Gasteiger partial charge < -0.3 is 9.47 Å². The SMILES string of the molecule is COc1ccc2nc([S@@](=O)Cc3ncc(C)c(OC)c3C)n(CO[N+](=O)[O-])c2c1. The van der Waals surface area contributed by atoms with E-state index in [9.17, 15) is 14.3 Å². The molecule has 0 fully saturated rings. The van der Waals surface area contributed by atoms with E-state index in [0.29, 0.717) is 28.2 Å². The van der Waals surface area contributed by atoms with E-state index >= 15 is 0 Å². The number of aromatic nitrogens is 3. The van der Waals surface area contributed by atoms with Crippen molar-refractivity contribution < 1.29 is 23.6 Å². The highest BCUT2D eigenvalue weighted by Crippen LogP contribution is 2.27. The van der Waals surface area contributed by atoms with Gasteiger partial charge >= 0.3 is 0 Å². The lowest BCUT2D eigenvalue weighted by atomic mass is 10.1. The van der Waals surface area contributed by atoms with E-state index < -0.39 is 22.6 Å². The van der Waals surface area contributed by atoms with E-state index in [-0.39, 0.29) is 10.9 Å². The second kappa shape index (κ2) is 8.43. The summed E-state index contributed by atoms with van der Waals surface area (Å²) in [6.45, 7) is 3.28. The average molecular weight is 420 g/mol. The Morgan fingerprint density at radius 1 is 1.24 bits per heavy atom. The molecule has 0 unspecified atom stereocenters. The third-order valence-electron chi connectivity index (χ3n) is 4.43. The van der Waals surface area contributed by atoms with Crippen molar-refractivity contribution in [1.82, 2.24) is 14.5 Å². The molecule has 3 aromatic rings. The summed E-state index contributed by atoms with van der Waals surface area (Å²) < 4.78 is 25.1. The van der Waals surface area contributed by atoms with Crippen LogP contribution in [0.5, 0.6) is 11.5 Å². The first-order valence-electron chi connectivity index (χ1n) is 8.54. The van der Waals surface area contributed by atoms with E-state index in [1.807, 2.05) is 13.8 Å². The number of rotatable bonds is 8. The van der Waals surface area contributed by atoms with Crippen LogP contribution in [-0.2, 0) is 28.1 Å². The Hall–Kier alpha value is -3.21. The summed E-state index contributed by atoms with van der Waals surface area (Å²) in [7, 11) is 1.44. The van der Waals surface area contributed by atoms with Crippen LogP contribution >= 0.6 is 0 Å². The van der Waals surface area contributed by atoms with Gasteiger partial charge in [-0.2, -0.15) is 0 Å². The van der Waals surface area contributed by atoms with Gasteiger partial charge in [0.1, 0.15) is 11.5 Å². The lowest BCUT2D eigenvalue weighted by Gasteiger charge is -2.12. The molecule has 0 radical (unpaired) electrons. The zero-order valence-electron chi connectivity index (χ0n) is 16.4. The summed E-state index contributed by atoms with van der Waals surface area (Å²) in [4.78, 5) is 24.0. The minimum absolute atomic E-state index is 0.0708. The number of hydrogen-bond acceptors (Lipinski definition) is 8. The van der Waals surface area contributed by atoms with Gasteiger partial charge in [0.05, 0.1) is 47.5 Å². The number of ether oxygens (including phenoxy) is 2. The topological polar surface area (TPSA) is 119 Å². The number of pyridine rings is 1. The van der Waals surface area contributed by atoms with Gasteiger partial charge in [-0.25, -0.2) is 4.98 Å². The molecule has 0 spiro atoms. The van der Waals surface area contributed by atoms with Crippen LogP contribution in [0, 0.1) is 24.0 Å². The number of hydrogen-bond donors (Lipinski definition) is 0. The summed E-state index contributed by atoms with van der Waals surface area (Å²) in [5, 5.41) is 9.94. The third kappa shape index (κ3) is 4.14. The van der Waals surface area contributed by atoms with E-state index in [0.717, 1.165) is 11.1 Å². The quantitative estimate of drug-likeness (QED) is 0.403. The van der Waals surface area contributed by atoms with Crippen LogP contribution in [-0.4, -0.2) is 38.1 Å². The molecule has 10 nitrogen and oxygen atoms in total. The van der Waals surface area contributed by atoms with Gasteiger partial charge in [-0.1, -0.05) is 0 Å². The Balaban J connectivity index is 2.02. The summed E-state index contributed by atoms with van der Waals surface area (Å²) in [6.07, 6.45) is 1.65. The van der Waals surface area contributed by atoms with Gasteiger partial charge in [0.25, 0.3) is 5.09 Å². The molecule has 0 N–H and O–H groups in total. The van der Waals surface area contributed by atoms with Crippen LogP contribution < -0.4 is 9.47 Å². The molecule has 0 saturated carbocycles. The maximum absolute atomic E-state index is 13.1. The molecular formula is C18H20N4O6S. The first kappa shape index (κ1) is 20.5. The fourth-order valence-electron chi connectivity index (χ4n) is 3.02. The standard InChI is InChI=1S/C18H20N4O6S/c1-11-8-19-15(12(2)17(11)27-4)9-29(25)18-20-14-6-5-13(26-3)7-16(14)21(18)10-28-22(23)24/h5-8H,9-10H2,1-4H3/t29-/m0/s1. The molecule has 0 saturated heterocycles. The van der Waals surface area contributed by atoms with Gasteiger partial charge in [-0.3, -0.25) is 18.6 Å². The molecule has 0 aliphatic heterocycles. The normalized spacial score (nSPS) is 12.0. The van der Waals surface area contributed by atoms with Gasteiger partial charge in [-0.05, 0) is 26.0 Å². The summed E-state index contributed by atoms with van der Waals surface area (Å²) in [5.41, 5.74) is 3.29. The number of benzene rings is 1. The van der Waals surface area contributed by atoms with Crippen molar-refractivity contribution in [2.24, 2.45) is 0 Å². The maximum atomic E-state index is 13.1. The van der Waals surface area contributed by atoms with Crippen molar-refractivity contribution in [3.8, 4) is 11.5 Å². The van der Waals surface area contributed by atoms with Crippen LogP contribution in [0.15, 0.2) is 29.6 Å². The molecule has 1 atom stereocenters. The predicted molar refractivity (Wildman–Crippen MR) is 105 cm³/mol.